The number of piperidine rings is 1. The number of pyridine rings is 1. The topological polar surface area (TPSA) is 115 Å². The van der Waals surface area contributed by atoms with Crippen molar-refractivity contribution >= 4 is 23.4 Å². The van der Waals surface area contributed by atoms with Crippen LogP contribution in [-0.2, 0) is 29.0 Å². The predicted molar refractivity (Wildman–Crippen MR) is 173 cm³/mol. The lowest BCUT2D eigenvalue weighted by Gasteiger charge is -2.48. The number of aliphatic hydroxyl groups is 2. The second kappa shape index (κ2) is 12.8. The molecule has 11 heteroatoms. The second-order valence-electron chi connectivity index (χ2n) is 13.1. The molecule has 45 heavy (non-hydrogen) atoms. The van der Waals surface area contributed by atoms with Gasteiger partial charge < -0.3 is 24.6 Å². The molecule has 242 valence electrons. The number of likely N-dealkylation sites (tertiary alicyclic amines) is 1. The Hall–Kier alpha value is -3.31. The van der Waals surface area contributed by atoms with Crippen LogP contribution in [0.25, 0.3) is 0 Å². The van der Waals surface area contributed by atoms with Gasteiger partial charge in [-0.25, -0.2) is 4.98 Å². The Bertz CT molecular complexity index is 1550. The first kappa shape index (κ1) is 33.1. The molecule has 1 unspecified atom stereocenters. The largest absolute Gasteiger partial charge is 0.386 e. The van der Waals surface area contributed by atoms with Crippen LogP contribution < -0.4 is 0 Å². The average molecular weight is 637 g/mol. The van der Waals surface area contributed by atoms with Gasteiger partial charge in [0.15, 0.2) is 0 Å². The number of piperazine rings is 1. The molecule has 6 rings (SSSR count). The lowest BCUT2D eigenvalue weighted by Crippen LogP contribution is -2.65. The first-order valence-corrected chi connectivity index (χ1v) is 15.8. The highest BCUT2D eigenvalue weighted by Crippen LogP contribution is 2.38. The van der Waals surface area contributed by atoms with Crippen molar-refractivity contribution in [2.45, 2.75) is 83.7 Å². The summed E-state index contributed by atoms with van der Waals surface area (Å²) in [6.07, 6.45) is 8.23. The molecule has 2 saturated heterocycles. The van der Waals surface area contributed by atoms with Crippen LogP contribution in [0.5, 0.6) is 0 Å². The molecule has 0 bridgehead atoms. The Kier molecular flexibility index (Phi) is 9.43. The third kappa shape index (κ3) is 6.79. The summed E-state index contributed by atoms with van der Waals surface area (Å²) in [6.45, 7) is 6.81. The van der Waals surface area contributed by atoms with E-state index in [1.54, 1.807) is 17.4 Å². The molecule has 2 aromatic heterocycles. The molecule has 2 aliphatic heterocycles. The van der Waals surface area contributed by atoms with E-state index in [1.807, 2.05) is 35.9 Å². The van der Waals surface area contributed by atoms with Gasteiger partial charge in [-0.05, 0) is 81.3 Å². The molecule has 3 aliphatic rings. The standard InChI is InChI=1S/C33H41ClN6O4.CH4/c1-22-17-37(21-36-22)19-33(44)11-5-13-39(20-33)30(41)27-18-38(14-15-40(27)31(42)32(2,3)43)29-26-10-9-25(34)16-24(26)8-7-23-6-4-12-35-28(23)29;/h4,6,9-10,12,16-17,21,27,29,43-44H,5,7-8,11,13-15,18-20H2,1-3H3;1H4/t27-,29+,33?;/m1./s1. The summed E-state index contributed by atoms with van der Waals surface area (Å²) in [6, 6.07) is 8.96. The summed E-state index contributed by atoms with van der Waals surface area (Å²) < 4.78 is 1.86. The summed E-state index contributed by atoms with van der Waals surface area (Å²) in [5.74, 6) is -0.707. The Balaban J connectivity index is 0.00000400. The Labute approximate surface area is 270 Å². The maximum atomic E-state index is 14.4. The fraction of sp³-hybridized carbons (Fsp3) is 0.529. The molecule has 4 heterocycles. The van der Waals surface area contributed by atoms with Gasteiger partial charge in [0.1, 0.15) is 17.2 Å². The predicted octanol–water partition coefficient (Wildman–Crippen LogP) is 3.40. The number of amides is 2. The van der Waals surface area contributed by atoms with Crippen molar-refractivity contribution in [3.8, 4) is 0 Å². The van der Waals surface area contributed by atoms with Crippen molar-refractivity contribution < 1.29 is 19.8 Å². The zero-order valence-electron chi connectivity index (χ0n) is 25.6. The molecule has 2 N–H and O–H groups in total. The van der Waals surface area contributed by atoms with Crippen LogP contribution in [0.2, 0.25) is 5.02 Å². The number of aromatic nitrogens is 3. The van der Waals surface area contributed by atoms with Gasteiger partial charge in [-0.3, -0.25) is 19.5 Å². The fourth-order valence-electron chi connectivity index (χ4n) is 7.14. The van der Waals surface area contributed by atoms with Crippen LogP contribution in [0.1, 0.15) is 68.2 Å². The van der Waals surface area contributed by atoms with Crippen molar-refractivity contribution in [2.75, 3.05) is 32.7 Å². The number of nitrogens with zero attached hydrogens (tertiary/aromatic N) is 6. The summed E-state index contributed by atoms with van der Waals surface area (Å²) in [7, 11) is 0. The van der Waals surface area contributed by atoms with E-state index in [-0.39, 0.29) is 39.0 Å². The van der Waals surface area contributed by atoms with E-state index < -0.39 is 23.2 Å². The number of hydrogen-bond acceptors (Lipinski definition) is 7. The third-order valence-corrected chi connectivity index (χ3v) is 9.44. The fourth-order valence-corrected chi connectivity index (χ4v) is 7.33. The van der Waals surface area contributed by atoms with E-state index in [1.165, 1.54) is 18.7 Å². The van der Waals surface area contributed by atoms with Crippen LogP contribution in [0.15, 0.2) is 49.1 Å². The molecule has 2 amide bonds. The van der Waals surface area contributed by atoms with Gasteiger partial charge in [0.05, 0.1) is 36.8 Å². The first-order valence-electron chi connectivity index (χ1n) is 15.4. The van der Waals surface area contributed by atoms with E-state index in [4.69, 9.17) is 16.6 Å². The van der Waals surface area contributed by atoms with Crippen LogP contribution in [0, 0.1) is 6.92 Å². The monoisotopic (exact) mass is 636 g/mol. The smallest absolute Gasteiger partial charge is 0.254 e. The summed E-state index contributed by atoms with van der Waals surface area (Å²) in [5, 5.41) is 23.0. The van der Waals surface area contributed by atoms with Gasteiger partial charge in [0, 0.05) is 43.6 Å². The number of carbonyl (C=O) groups is 2. The lowest BCUT2D eigenvalue weighted by atomic mass is 9.91. The molecular weight excluding hydrogens is 592 g/mol. The Morgan fingerprint density at radius 1 is 1.11 bits per heavy atom. The van der Waals surface area contributed by atoms with E-state index in [0.29, 0.717) is 37.5 Å². The number of hydrogen-bond donors (Lipinski definition) is 2. The van der Waals surface area contributed by atoms with Gasteiger partial charge >= 0.3 is 0 Å². The van der Waals surface area contributed by atoms with Gasteiger partial charge in [0.2, 0.25) is 5.91 Å². The zero-order chi connectivity index (χ0) is 31.2. The quantitative estimate of drug-likeness (QED) is 0.441. The lowest BCUT2D eigenvalue weighted by molar-refractivity contribution is -0.162. The van der Waals surface area contributed by atoms with Crippen molar-refractivity contribution in [3.05, 3.63) is 82.2 Å². The van der Waals surface area contributed by atoms with E-state index in [2.05, 4.69) is 22.0 Å². The van der Waals surface area contributed by atoms with Crippen LogP contribution in [-0.4, -0.2) is 101 Å². The molecule has 3 atom stereocenters. The molecule has 3 aromatic rings. The van der Waals surface area contributed by atoms with Gasteiger partial charge in [0.25, 0.3) is 5.91 Å². The van der Waals surface area contributed by atoms with Gasteiger partial charge in [-0.2, -0.15) is 0 Å². The molecular formula is C34H45ClN6O4. The number of halogens is 1. The minimum absolute atomic E-state index is 0. The summed E-state index contributed by atoms with van der Waals surface area (Å²) in [5.41, 5.74) is 2.45. The number of rotatable bonds is 5. The normalized spacial score (nSPS) is 23.9. The van der Waals surface area contributed by atoms with E-state index in [0.717, 1.165) is 40.9 Å². The summed E-state index contributed by atoms with van der Waals surface area (Å²) >= 11 is 6.42. The first-order chi connectivity index (χ1) is 20.9. The summed E-state index contributed by atoms with van der Waals surface area (Å²) in [4.78, 5) is 42.6. The highest BCUT2D eigenvalue weighted by Gasteiger charge is 2.46. The molecule has 0 radical (unpaired) electrons. The van der Waals surface area contributed by atoms with Gasteiger partial charge in [-0.15, -0.1) is 0 Å². The molecule has 0 saturated carbocycles. The number of carbonyl (C=O) groups excluding carboxylic acids is 2. The highest BCUT2D eigenvalue weighted by atomic mass is 35.5. The number of benzene rings is 1. The van der Waals surface area contributed by atoms with Crippen molar-refractivity contribution in [2.24, 2.45) is 0 Å². The third-order valence-electron chi connectivity index (χ3n) is 9.20. The molecule has 2 fully saturated rings. The number of aryl methyl sites for hydroxylation is 3. The number of β-amino-alcohol motifs (C(OH)–C–C–N with tert-alkyl or cyclic N) is 1. The Morgan fingerprint density at radius 2 is 1.89 bits per heavy atom. The SMILES string of the molecule is C.Cc1cn(CC2(O)CCCN(C(=O)[C@H]3CN([C@H]4c5ccc(Cl)cc5CCc5cccnc54)CCN3C(=O)C(C)(C)O)C2)cn1. The van der Waals surface area contributed by atoms with Crippen molar-refractivity contribution in [3.63, 3.8) is 0 Å². The van der Waals surface area contributed by atoms with Crippen LogP contribution in [0.3, 0.4) is 0 Å². The molecule has 0 spiro atoms. The minimum atomic E-state index is -1.64. The molecule has 10 nitrogen and oxygen atoms in total. The Morgan fingerprint density at radius 3 is 2.62 bits per heavy atom. The van der Waals surface area contributed by atoms with Crippen LogP contribution >= 0.6 is 11.6 Å². The van der Waals surface area contributed by atoms with E-state index in [9.17, 15) is 19.8 Å². The van der Waals surface area contributed by atoms with Gasteiger partial charge in [-0.1, -0.05) is 31.2 Å². The second-order valence-corrected chi connectivity index (χ2v) is 13.6. The minimum Gasteiger partial charge on any atom is -0.386 e. The van der Waals surface area contributed by atoms with Crippen molar-refractivity contribution in [1.29, 1.82) is 0 Å². The average Bonchev–Trinajstić information content (AvgIpc) is 3.31. The molecule has 1 aliphatic carbocycles. The maximum Gasteiger partial charge on any atom is 0.254 e. The van der Waals surface area contributed by atoms with Crippen molar-refractivity contribution in [1.82, 2.24) is 29.2 Å². The zero-order valence-corrected chi connectivity index (χ0v) is 26.4. The van der Waals surface area contributed by atoms with Crippen LogP contribution in [0.4, 0.5) is 0 Å². The van der Waals surface area contributed by atoms with E-state index >= 15 is 0 Å². The highest BCUT2D eigenvalue weighted by molar-refractivity contribution is 6.30. The molecule has 1 aromatic carbocycles. The maximum absolute atomic E-state index is 14.4. The number of imidazole rings is 1. The number of fused-ring (bicyclic) bond motifs is 2.